The molecule has 1 aromatic carbocycles. The first-order valence-electron chi connectivity index (χ1n) is 4.51. The number of nitrogens with two attached hydrogens (primary N) is 1. The van der Waals surface area contributed by atoms with Crippen molar-refractivity contribution in [1.82, 2.24) is 9.97 Å². The first-order valence-corrected chi connectivity index (χ1v) is 4.51. The van der Waals surface area contributed by atoms with Crippen LogP contribution in [0.3, 0.4) is 0 Å². The van der Waals surface area contributed by atoms with Gasteiger partial charge in [-0.05, 0) is 12.1 Å². The van der Waals surface area contributed by atoms with Crippen molar-refractivity contribution in [3.63, 3.8) is 0 Å². The Morgan fingerprint density at radius 3 is 2.21 bits per heavy atom. The number of carbonyl (C=O) groups is 1. The van der Waals surface area contributed by atoms with Gasteiger partial charge in [0.25, 0.3) is 5.91 Å². The Labute approximate surface area is 137 Å². The molecule has 2 N–H and O–H groups in total. The summed E-state index contributed by atoms with van der Waals surface area (Å²) in [5, 5.41) is 7.32. The van der Waals surface area contributed by atoms with Crippen molar-refractivity contribution >= 4 is 16.9 Å². The maximum absolute atomic E-state index is 10.8. The predicted octanol–water partition coefficient (Wildman–Crippen LogP) is -4.74. The zero-order valence-electron chi connectivity index (χ0n) is 9.79. The number of nitrogens with zero attached hydrogens (tertiary/aromatic N) is 3. The van der Waals surface area contributed by atoms with E-state index in [0.717, 1.165) is 5.52 Å². The second-order valence-electron chi connectivity index (χ2n) is 2.83. The van der Waals surface area contributed by atoms with Gasteiger partial charge in [-0.1, -0.05) is 12.1 Å². The molecule has 5 nitrogen and oxygen atoms in total. The van der Waals surface area contributed by atoms with Crippen LogP contribution in [-0.2, 0) is 21.1 Å². The van der Waals surface area contributed by atoms with Crippen molar-refractivity contribution < 1.29 is 50.7 Å². The first-order chi connectivity index (χ1) is 7.69. The van der Waals surface area contributed by atoms with E-state index < -0.39 is 5.91 Å². The smallest absolute Gasteiger partial charge is 1.00 e. The van der Waals surface area contributed by atoms with Crippen LogP contribution in [0.15, 0.2) is 30.5 Å². The van der Waals surface area contributed by atoms with E-state index in [-0.39, 0.29) is 51.6 Å². The van der Waals surface area contributed by atoms with Crippen LogP contribution in [0.2, 0.25) is 0 Å². The number of benzene rings is 1. The fourth-order valence-electron chi connectivity index (χ4n) is 1.08. The normalized spacial score (nSPS) is 7.37. The van der Waals surface area contributed by atoms with Gasteiger partial charge >= 0.3 is 21.1 Å². The molecule has 0 unspecified atom stereocenters. The molecule has 0 aliphatic carbocycles. The molecule has 1 heterocycles. The Hall–Kier alpha value is -1.21. The monoisotopic (exact) mass is 479 g/mol. The summed E-state index contributed by atoms with van der Waals surface area (Å²) in [5.74, 6) is -0.557. The topological polar surface area (TPSA) is 92.7 Å². The minimum atomic E-state index is -0.557. The van der Waals surface area contributed by atoms with Gasteiger partial charge in [-0.25, -0.2) is 4.98 Å². The molecule has 2 aromatic rings. The van der Waals surface area contributed by atoms with E-state index in [1.807, 2.05) is 18.2 Å². The van der Waals surface area contributed by atoms with Crippen LogP contribution in [0.4, 0.5) is 0 Å². The van der Waals surface area contributed by atoms with E-state index in [4.69, 9.17) is 11.0 Å². The Morgan fingerprint density at radius 2 is 1.74 bits per heavy atom. The Bertz CT molecular complexity index is 560. The summed E-state index contributed by atoms with van der Waals surface area (Å²) in [6, 6.07) is 9.06. The zero-order valence-corrected chi connectivity index (χ0v) is 13.6. The van der Waals surface area contributed by atoms with E-state index in [0.29, 0.717) is 5.52 Å². The second kappa shape index (κ2) is 11.9. The fourth-order valence-corrected chi connectivity index (χ4v) is 1.08. The molecule has 19 heavy (non-hydrogen) atoms. The Balaban J connectivity index is -0.000000393. The number of hydrogen-bond donors (Lipinski definition) is 1. The van der Waals surface area contributed by atoms with Crippen LogP contribution in [0.25, 0.3) is 11.0 Å². The van der Waals surface area contributed by atoms with Crippen LogP contribution >= 0.6 is 0 Å². The Morgan fingerprint density at radius 1 is 1.26 bits per heavy atom. The molecule has 2 rings (SSSR count). The molecule has 0 aliphatic heterocycles. The molecule has 0 radical (unpaired) electrons. The number of para-hydroxylation sites is 2. The molecule has 0 saturated heterocycles. The number of rotatable bonds is 1. The van der Waals surface area contributed by atoms with Crippen molar-refractivity contribution in [2.45, 2.75) is 6.92 Å². The molecule has 0 saturated carbocycles. The number of halogens is 2. The molecule has 1 aromatic heterocycles. The van der Waals surface area contributed by atoms with Crippen LogP contribution in [0.1, 0.15) is 17.4 Å². The number of carbonyl (C=O) groups excluding carboxylic acids is 1. The third-order valence-electron chi connectivity index (χ3n) is 1.70. The third kappa shape index (κ3) is 7.07. The fraction of sp³-hybridized carbons (Fsp3) is 0.0909. The zero-order chi connectivity index (χ0) is 12.0. The first kappa shape index (κ1) is 22.9. The summed E-state index contributed by atoms with van der Waals surface area (Å²) in [7, 11) is 0. The van der Waals surface area contributed by atoms with Crippen LogP contribution in [-0.4, -0.2) is 15.9 Å². The second-order valence-corrected chi connectivity index (χ2v) is 2.83. The molecule has 104 valence electrons. The van der Waals surface area contributed by atoms with Crippen molar-refractivity contribution in [3.8, 4) is 6.07 Å². The van der Waals surface area contributed by atoms with Crippen molar-refractivity contribution in [1.29, 1.82) is 5.26 Å². The number of hydrogen-bond acceptors (Lipinski definition) is 4. The average molecular weight is 480 g/mol. The van der Waals surface area contributed by atoms with Crippen molar-refractivity contribution in [2.24, 2.45) is 5.73 Å². The van der Waals surface area contributed by atoms with Gasteiger partial charge in [0, 0.05) is 6.92 Å². The van der Waals surface area contributed by atoms with Crippen LogP contribution in [0.5, 0.6) is 0 Å². The summed E-state index contributed by atoms with van der Waals surface area (Å²) in [5.41, 5.74) is 6.69. The van der Waals surface area contributed by atoms with Gasteiger partial charge in [0.15, 0.2) is 0 Å². The van der Waals surface area contributed by atoms with E-state index in [2.05, 4.69) is 9.97 Å². The molecule has 8 heteroatoms. The maximum atomic E-state index is 10.8. The van der Waals surface area contributed by atoms with Gasteiger partial charge in [0.05, 0.1) is 23.3 Å². The van der Waals surface area contributed by atoms with E-state index in [1.54, 1.807) is 12.1 Å². The van der Waals surface area contributed by atoms with E-state index in [1.165, 1.54) is 13.1 Å². The number of amides is 1. The predicted molar refractivity (Wildman–Crippen MR) is 59.3 cm³/mol. The molecule has 0 aliphatic rings. The van der Waals surface area contributed by atoms with Crippen LogP contribution in [0, 0.1) is 11.3 Å². The van der Waals surface area contributed by atoms with Crippen molar-refractivity contribution in [3.05, 3.63) is 36.2 Å². The largest absolute Gasteiger partial charge is 2.00 e. The number of primary amides is 1. The summed E-state index contributed by atoms with van der Waals surface area (Å²) in [6.45, 7) is 1.43. The molecular weight excluding hydrogens is 470 g/mol. The van der Waals surface area contributed by atoms with Gasteiger partial charge in [-0.3, -0.25) is 9.78 Å². The van der Waals surface area contributed by atoms with Gasteiger partial charge in [-0.15, -0.1) is 0 Å². The summed E-state index contributed by atoms with van der Waals surface area (Å²) in [4.78, 5) is 18.8. The van der Waals surface area contributed by atoms with Gasteiger partial charge in [0.1, 0.15) is 5.69 Å². The third-order valence-corrected chi connectivity index (χ3v) is 1.70. The minimum absolute atomic E-state index is 0. The SMILES string of the molecule is CC#N.NC(=O)c1cnc2ccccc2n1.[Cl-].[Cl-].[Pt+2]. The number of fused-ring (bicyclic) bond motifs is 1. The molecule has 0 atom stereocenters. The average Bonchev–Trinajstić information content (AvgIpc) is 2.29. The van der Waals surface area contributed by atoms with Crippen molar-refractivity contribution in [2.75, 3.05) is 0 Å². The molecular formula is C11H10Cl2N4OPt. The maximum Gasteiger partial charge on any atom is 2.00 e. The summed E-state index contributed by atoms with van der Waals surface area (Å²) < 4.78 is 0. The summed E-state index contributed by atoms with van der Waals surface area (Å²) in [6.07, 6.45) is 1.38. The van der Waals surface area contributed by atoms with Gasteiger partial charge < -0.3 is 30.5 Å². The number of nitriles is 1. The number of aromatic nitrogens is 2. The molecule has 1 amide bonds. The van der Waals surface area contributed by atoms with Gasteiger partial charge in [-0.2, -0.15) is 5.26 Å². The molecule has 0 fully saturated rings. The van der Waals surface area contributed by atoms with E-state index in [9.17, 15) is 4.79 Å². The minimum Gasteiger partial charge on any atom is -1.00 e. The van der Waals surface area contributed by atoms with Crippen LogP contribution < -0.4 is 30.5 Å². The summed E-state index contributed by atoms with van der Waals surface area (Å²) >= 11 is 0. The van der Waals surface area contributed by atoms with Gasteiger partial charge in [0.2, 0.25) is 0 Å². The quantitative estimate of drug-likeness (QED) is 0.444. The molecule has 0 bridgehead atoms. The standard InChI is InChI=1S/C9H7N3O.C2H3N.2ClH.Pt/c10-9(13)8-5-11-6-3-1-2-4-7(6)12-8;1-2-3;;;/h1-5H,(H2,10,13);1H3;2*1H;/q;;;;+2/p-2. The van der Waals surface area contributed by atoms with E-state index >= 15 is 0 Å². The molecule has 0 spiro atoms. The Kier molecular flexibility index (Phi) is 14.3.